The molecule has 2 N–H and O–H groups in total. The molecule has 9 heteroatoms. The number of anilines is 1. The van der Waals surface area contributed by atoms with Crippen LogP contribution in [0, 0.1) is 10.1 Å². The number of benzene rings is 2. The van der Waals surface area contributed by atoms with Crippen LogP contribution in [0.5, 0.6) is 0 Å². The summed E-state index contributed by atoms with van der Waals surface area (Å²) in [7, 11) is 0. The molecule has 0 aliphatic carbocycles. The van der Waals surface area contributed by atoms with Crippen LogP contribution in [-0.4, -0.2) is 25.6 Å². The van der Waals surface area contributed by atoms with Gasteiger partial charge < -0.3 is 5.32 Å². The van der Waals surface area contributed by atoms with Crippen molar-refractivity contribution in [3.05, 3.63) is 81.0 Å². The van der Waals surface area contributed by atoms with Gasteiger partial charge in [-0.2, -0.15) is 4.68 Å². The van der Waals surface area contributed by atoms with E-state index in [2.05, 4.69) is 15.4 Å². The number of nitro benzene ring substituents is 1. The highest BCUT2D eigenvalue weighted by atomic mass is 16.6. The molecule has 0 saturated carbocycles. The number of carbonyl (C=O) groups excluding carboxylic acids is 1. The topological polar surface area (TPSA) is 123 Å². The molecule has 2 aromatic carbocycles. The van der Waals surface area contributed by atoms with Gasteiger partial charge in [-0.15, -0.1) is 5.10 Å². The van der Waals surface area contributed by atoms with Crippen LogP contribution in [0.2, 0.25) is 0 Å². The molecule has 1 amide bonds. The summed E-state index contributed by atoms with van der Waals surface area (Å²) in [6, 6.07) is 14.1. The summed E-state index contributed by atoms with van der Waals surface area (Å²) in [4.78, 5) is 36.6. The van der Waals surface area contributed by atoms with E-state index in [0.29, 0.717) is 5.69 Å². The average Bonchev–Trinajstić information content (AvgIpc) is 2.98. The SMILES string of the molecule is O=C(Nc1cccc([N+](=O)[O-])c1)c1nn(-c2ccccc2)c(=O)[nH]1. The second kappa shape index (κ2) is 6.16. The molecule has 1 aromatic heterocycles. The highest BCUT2D eigenvalue weighted by molar-refractivity contribution is 6.01. The van der Waals surface area contributed by atoms with Gasteiger partial charge in [0.05, 0.1) is 10.6 Å². The molecule has 1 heterocycles. The van der Waals surface area contributed by atoms with Gasteiger partial charge in [0.2, 0.25) is 5.82 Å². The Morgan fingerprint density at radius 2 is 1.92 bits per heavy atom. The lowest BCUT2D eigenvalue weighted by Gasteiger charge is -2.02. The number of carbonyl (C=O) groups is 1. The Kier molecular flexibility index (Phi) is 3.89. The molecule has 9 nitrogen and oxygen atoms in total. The van der Waals surface area contributed by atoms with Gasteiger partial charge in [-0.3, -0.25) is 19.9 Å². The van der Waals surface area contributed by atoms with Crippen LogP contribution in [0.4, 0.5) is 11.4 Å². The molecule has 0 bridgehead atoms. The normalized spacial score (nSPS) is 10.3. The number of non-ortho nitro benzene ring substituents is 1. The van der Waals surface area contributed by atoms with E-state index in [4.69, 9.17) is 0 Å². The third-order valence-corrected chi connectivity index (χ3v) is 3.15. The van der Waals surface area contributed by atoms with E-state index in [0.717, 1.165) is 4.68 Å². The fourth-order valence-corrected chi connectivity index (χ4v) is 2.06. The van der Waals surface area contributed by atoms with Crippen LogP contribution in [0.3, 0.4) is 0 Å². The number of hydrogen-bond donors (Lipinski definition) is 2. The molecule has 120 valence electrons. The van der Waals surface area contributed by atoms with Gasteiger partial charge in [0, 0.05) is 17.8 Å². The molecular weight excluding hydrogens is 314 g/mol. The second-order valence-corrected chi connectivity index (χ2v) is 4.79. The van der Waals surface area contributed by atoms with Crippen molar-refractivity contribution >= 4 is 17.3 Å². The van der Waals surface area contributed by atoms with Crippen molar-refractivity contribution < 1.29 is 9.72 Å². The summed E-state index contributed by atoms with van der Waals surface area (Å²) in [6.45, 7) is 0. The summed E-state index contributed by atoms with van der Waals surface area (Å²) in [5.74, 6) is -0.877. The van der Waals surface area contributed by atoms with Gasteiger partial charge in [0.1, 0.15) is 0 Å². The van der Waals surface area contributed by atoms with E-state index >= 15 is 0 Å². The van der Waals surface area contributed by atoms with E-state index < -0.39 is 16.5 Å². The largest absolute Gasteiger partial charge is 0.348 e. The molecule has 0 aliphatic heterocycles. The lowest BCUT2D eigenvalue weighted by molar-refractivity contribution is -0.384. The van der Waals surface area contributed by atoms with Crippen LogP contribution in [-0.2, 0) is 0 Å². The van der Waals surface area contributed by atoms with E-state index in [-0.39, 0.29) is 17.2 Å². The first-order valence-corrected chi connectivity index (χ1v) is 6.85. The second-order valence-electron chi connectivity index (χ2n) is 4.79. The Morgan fingerprint density at radius 1 is 1.17 bits per heavy atom. The zero-order valence-corrected chi connectivity index (χ0v) is 12.2. The zero-order valence-electron chi connectivity index (χ0n) is 12.2. The zero-order chi connectivity index (χ0) is 17.1. The molecule has 0 unspecified atom stereocenters. The lowest BCUT2D eigenvalue weighted by Crippen LogP contribution is -2.15. The smallest absolute Gasteiger partial charge is 0.319 e. The quantitative estimate of drug-likeness (QED) is 0.558. The molecule has 0 aliphatic rings. The van der Waals surface area contributed by atoms with Gasteiger partial charge in [0.25, 0.3) is 11.6 Å². The van der Waals surface area contributed by atoms with Gasteiger partial charge >= 0.3 is 5.69 Å². The van der Waals surface area contributed by atoms with Crippen LogP contribution >= 0.6 is 0 Å². The first-order valence-electron chi connectivity index (χ1n) is 6.85. The Hall–Kier alpha value is -3.75. The molecule has 3 aromatic rings. The van der Waals surface area contributed by atoms with Crippen molar-refractivity contribution in [3.63, 3.8) is 0 Å². The van der Waals surface area contributed by atoms with Gasteiger partial charge in [-0.1, -0.05) is 24.3 Å². The van der Waals surface area contributed by atoms with Gasteiger partial charge in [0.15, 0.2) is 0 Å². The van der Waals surface area contributed by atoms with Crippen molar-refractivity contribution in [2.45, 2.75) is 0 Å². The standard InChI is InChI=1S/C15H11N5O4/c21-14(16-10-5-4-8-12(9-10)20(23)24)13-17-15(22)19(18-13)11-6-2-1-3-7-11/h1-9H,(H,16,21)(H,17,18,22). The number of amides is 1. The maximum Gasteiger partial charge on any atom is 0.348 e. The van der Waals surface area contributed by atoms with Crippen molar-refractivity contribution in [1.82, 2.24) is 14.8 Å². The summed E-state index contributed by atoms with van der Waals surface area (Å²) in [5, 5.41) is 17.1. The molecule has 0 saturated heterocycles. The molecule has 0 radical (unpaired) electrons. The van der Waals surface area contributed by atoms with E-state index in [1.165, 1.54) is 24.3 Å². The van der Waals surface area contributed by atoms with E-state index in [1.807, 2.05) is 0 Å². The van der Waals surface area contributed by atoms with Crippen LogP contribution in [0.15, 0.2) is 59.4 Å². The number of rotatable bonds is 4. The monoisotopic (exact) mass is 325 g/mol. The Bertz CT molecular complexity index is 961. The third kappa shape index (κ3) is 3.04. The van der Waals surface area contributed by atoms with Crippen molar-refractivity contribution in [2.24, 2.45) is 0 Å². The maximum absolute atomic E-state index is 12.2. The third-order valence-electron chi connectivity index (χ3n) is 3.15. The minimum atomic E-state index is -0.678. The minimum Gasteiger partial charge on any atom is -0.319 e. The first-order chi connectivity index (χ1) is 11.5. The molecule has 0 atom stereocenters. The van der Waals surface area contributed by atoms with E-state index in [9.17, 15) is 19.7 Å². The number of hydrogen-bond acceptors (Lipinski definition) is 5. The molecule has 0 spiro atoms. The van der Waals surface area contributed by atoms with E-state index in [1.54, 1.807) is 30.3 Å². The molecule has 24 heavy (non-hydrogen) atoms. The number of nitrogens with one attached hydrogen (secondary N) is 2. The summed E-state index contributed by atoms with van der Waals surface area (Å²) >= 11 is 0. The minimum absolute atomic E-state index is 0.156. The number of nitro groups is 1. The number of H-pyrrole nitrogens is 1. The summed E-state index contributed by atoms with van der Waals surface area (Å²) in [6.07, 6.45) is 0. The lowest BCUT2D eigenvalue weighted by atomic mass is 10.3. The summed E-state index contributed by atoms with van der Waals surface area (Å²) < 4.78 is 1.06. The Morgan fingerprint density at radius 3 is 2.62 bits per heavy atom. The first kappa shape index (κ1) is 15.2. The summed E-state index contributed by atoms with van der Waals surface area (Å²) in [5.41, 5.74) is 0.0129. The fraction of sp³-hybridized carbons (Fsp3) is 0. The predicted octanol–water partition coefficient (Wildman–Crippen LogP) is 1.72. The van der Waals surface area contributed by atoms with Crippen molar-refractivity contribution in [1.29, 1.82) is 0 Å². The number of aromatic amines is 1. The molecule has 3 rings (SSSR count). The predicted molar refractivity (Wildman–Crippen MR) is 85.2 cm³/mol. The van der Waals surface area contributed by atoms with Gasteiger partial charge in [-0.25, -0.2) is 4.79 Å². The van der Waals surface area contributed by atoms with Crippen molar-refractivity contribution in [2.75, 3.05) is 5.32 Å². The van der Waals surface area contributed by atoms with Crippen LogP contribution in [0.1, 0.15) is 10.6 Å². The molecule has 0 fully saturated rings. The van der Waals surface area contributed by atoms with Crippen LogP contribution in [0.25, 0.3) is 5.69 Å². The van der Waals surface area contributed by atoms with Gasteiger partial charge in [-0.05, 0) is 18.2 Å². The average molecular weight is 325 g/mol. The Balaban J connectivity index is 1.85. The fourth-order valence-electron chi connectivity index (χ4n) is 2.06. The molecular formula is C15H11N5O4. The number of aromatic nitrogens is 3. The Labute approximate surface area is 134 Å². The maximum atomic E-state index is 12.2. The number of para-hydroxylation sites is 1. The van der Waals surface area contributed by atoms with Crippen molar-refractivity contribution in [3.8, 4) is 5.69 Å². The highest BCUT2D eigenvalue weighted by Crippen LogP contribution is 2.17. The van der Waals surface area contributed by atoms with Crippen LogP contribution < -0.4 is 11.0 Å². The number of nitrogens with zero attached hydrogens (tertiary/aromatic N) is 3. The highest BCUT2D eigenvalue weighted by Gasteiger charge is 2.15.